The van der Waals surface area contributed by atoms with Gasteiger partial charge in [0.05, 0.1) is 11.5 Å². The smallest absolute Gasteiger partial charge is 0.0689 e. The van der Waals surface area contributed by atoms with Gasteiger partial charge in [-0.2, -0.15) is 5.26 Å². The molecular formula is C21H37N. The van der Waals surface area contributed by atoms with Crippen LogP contribution in [0.15, 0.2) is 0 Å². The molecule has 2 aliphatic rings. The summed E-state index contributed by atoms with van der Waals surface area (Å²) in [6, 6.07) is 2.66. The first-order chi connectivity index (χ1) is 10.7. The van der Waals surface area contributed by atoms with Crippen LogP contribution in [0.3, 0.4) is 0 Å². The Kier molecular flexibility index (Phi) is 7.26. The topological polar surface area (TPSA) is 23.8 Å². The molecule has 2 fully saturated rings. The third-order valence-electron chi connectivity index (χ3n) is 6.67. The molecule has 0 amide bonds. The normalized spacial score (nSPS) is 36.0. The van der Waals surface area contributed by atoms with Crippen molar-refractivity contribution in [3.63, 3.8) is 0 Å². The largest absolute Gasteiger partial charge is 0.198 e. The van der Waals surface area contributed by atoms with E-state index in [1.165, 1.54) is 83.5 Å². The van der Waals surface area contributed by atoms with E-state index < -0.39 is 0 Å². The summed E-state index contributed by atoms with van der Waals surface area (Å²) in [6.07, 6.45) is 19.0. The molecule has 0 saturated heterocycles. The molecule has 2 rings (SSSR count). The van der Waals surface area contributed by atoms with Crippen LogP contribution in [0.5, 0.6) is 0 Å². The molecule has 0 aromatic rings. The zero-order chi connectivity index (χ0) is 15.8. The van der Waals surface area contributed by atoms with Crippen LogP contribution in [0.4, 0.5) is 0 Å². The highest BCUT2D eigenvalue weighted by Crippen LogP contribution is 2.44. The van der Waals surface area contributed by atoms with Crippen molar-refractivity contribution in [1.29, 1.82) is 5.26 Å². The summed E-state index contributed by atoms with van der Waals surface area (Å²) in [6.45, 7) is 4.55. The summed E-state index contributed by atoms with van der Waals surface area (Å²) in [5.41, 5.74) is 0.0451. The molecule has 126 valence electrons. The van der Waals surface area contributed by atoms with Crippen molar-refractivity contribution in [3.8, 4) is 6.07 Å². The molecule has 0 unspecified atom stereocenters. The Bertz CT molecular complexity index is 337. The SMILES string of the molecule is CCCC1CCC(CCC2CCC(C#N)(CCC)CC2)CC1. The summed E-state index contributed by atoms with van der Waals surface area (Å²) in [5, 5.41) is 9.51. The monoisotopic (exact) mass is 303 g/mol. The number of hydrogen-bond acceptors (Lipinski definition) is 1. The quantitative estimate of drug-likeness (QED) is 0.503. The van der Waals surface area contributed by atoms with Crippen LogP contribution in [0.2, 0.25) is 0 Å². The molecule has 0 atom stereocenters. The molecule has 0 aromatic heterocycles. The minimum atomic E-state index is 0.0451. The van der Waals surface area contributed by atoms with Gasteiger partial charge in [-0.15, -0.1) is 0 Å². The van der Waals surface area contributed by atoms with E-state index in [1.807, 2.05) is 0 Å². The lowest BCUT2D eigenvalue weighted by atomic mass is 9.67. The second kappa shape index (κ2) is 8.95. The minimum Gasteiger partial charge on any atom is -0.198 e. The molecule has 0 spiro atoms. The fourth-order valence-electron chi connectivity index (χ4n) is 5.10. The maximum absolute atomic E-state index is 9.51. The molecule has 0 radical (unpaired) electrons. The van der Waals surface area contributed by atoms with Crippen molar-refractivity contribution < 1.29 is 0 Å². The highest BCUT2D eigenvalue weighted by molar-refractivity contribution is 5.01. The molecule has 0 heterocycles. The Balaban J connectivity index is 1.64. The van der Waals surface area contributed by atoms with Crippen LogP contribution in [-0.2, 0) is 0 Å². The van der Waals surface area contributed by atoms with Gasteiger partial charge >= 0.3 is 0 Å². The van der Waals surface area contributed by atoms with Gasteiger partial charge in [-0.1, -0.05) is 71.6 Å². The van der Waals surface area contributed by atoms with Crippen molar-refractivity contribution in [2.24, 2.45) is 23.2 Å². The summed E-state index contributed by atoms with van der Waals surface area (Å²) < 4.78 is 0. The Morgan fingerprint density at radius 3 is 1.73 bits per heavy atom. The van der Waals surface area contributed by atoms with Crippen molar-refractivity contribution in [3.05, 3.63) is 0 Å². The van der Waals surface area contributed by atoms with Gasteiger partial charge in [0.25, 0.3) is 0 Å². The third kappa shape index (κ3) is 5.00. The van der Waals surface area contributed by atoms with Gasteiger partial charge in [-0.05, 0) is 49.9 Å². The van der Waals surface area contributed by atoms with Gasteiger partial charge in [0.1, 0.15) is 0 Å². The first kappa shape index (κ1) is 17.8. The maximum atomic E-state index is 9.51. The molecule has 1 heteroatoms. The Morgan fingerprint density at radius 2 is 1.27 bits per heavy atom. The zero-order valence-corrected chi connectivity index (χ0v) is 15.1. The van der Waals surface area contributed by atoms with Crippen molar-refractivity contribution in [1.82, 2.24) is 0 Å². The average Bonchev–Trinajstić information content (AvgIpc) is 2.56. The molecule has 0 aromatic carbocycles. The number of nitriles is 1. The first-order valence-corrected chi connectivity index (χ1v) is 10.1. The van der Waals surface area contributed by atoms with Crippen LogP contribution < -0.4 is 0 Å². The minimum absolute atomic E-state index is 0.0451. The molecule has 22 heavy (non-hydrogen) atoms. The average molecular weight is 304 g/mol. The number of rotatable bonds is 7. The van der Waals surface area contributed by atoms with Gasteiger partial charge in [-0.25, -0.2) is 0 Å². The highest BCUT2D eigenvalue weighted by Gasteiger charge is 2.34. The second-order valence-electron chi connectivity index (χ2n) is 8.34. The molecule has 2 saturated carbocycles. The van der Waals surface area contributed by atoms with E-state index >= 15 is 0 Å². The number of hydrogen-bond donors (Lipinski definition) is 0. The van der Waals surface area contributed by atoms with E-state index in [2.05, 4.69) is 19.9 Å². The standard InChI is InChI=1S/C21H37N/c1-3-5-18-6-8-19(9-7-18)10-11-20-12-15-21(17-22,14-4-2)16-13-20/h18-20H,3-16H2,1-2H3. The molecular weight excluding hydrogens is 266 g/mol. The van der Waals surface area contributed by atoms with Crippen LogP contribution in [-0.4, -0.2) is 0 Å². The van der Waals surface area contributed by atoms with E-state index in [0.717, 1.165) is 24.2 Å². The third-order valence-corrected chi connectivity index (χ3v) is 6.67. The van der Waals surface area contributed by atoms with Crippen molar-refractivity contribution >= 4 is 0 Å². The van der Waals surface area contributed by atoms with E-state index in [-0.39, 0.29) is 5.41 Å². The lowest BCUT2D eigenvalue weighted by molar-refractivity contribution is 0.173. The fourth-order valence-corrected chi connectivity index (χ4v) is 5.10. The predicted molar refractivity (Wildman–Crippen MR) is 94.5 cm³/mol. The van der Waals surface area contributed by atoms with Gasteiger partial charge in [0.2, 0.25) is 0 Å². The van der Waals surface area contributed by atoms with Crippen LogP contribution in [0.25, 0.3) is 0 Å². The molecule has 0 N–H and O–H groups in total. The van der Waals surface area contributed by atoms with Gasteiger partial charge in [0.15, 0.2) is 0 Å². The highest BCUT2D eigenvalue weighted by atomic mass is 14.4. The van der Waals surface area contributed by atoms with Crippen molar-refractivity contribution in [2.75, 3.05) is 0 Å². The Morgan fingerprint density at radius 1 is 0.773 bits per heavy atom. The van der Waals surface area contributed by atoms with E-state index in [1.54, 1.807) is 0 Å². The number of nitrogens with zero attached hydrogens (tertiary/aromatic N) is 1. The molecule has 1 nitrogen and oxygen atoms in total. The van der Waals surface area contributed by atoms with Gasteiger partial charge in [0, 0.05) is 0 Å². The van der Waals surface area contributed by atoms with Gasteiger partial charge in [-0.3, -0.25) is 0 Å². The van der Waals surface area contributed by atoms with Gasteiger partial charge < -0.3 is 0 Å². The second-order valence-corrected chi connectivity index (χ2v) is 8.34. The Hall–Kier alpha value is -0.510. The van der Waals surface area contributed by atoms with Crippen molar-refractivity contribution in [2.45, 2.75) is 104 Å². The first-order valence-electron chi connectivity index (χ1n) is 10.1. The predicted octanol–water partition coefficient (Wildman–Crippen LogP) is 6.87. The lowest BCUT2D eigenvalue weighted by Gasteiger charge is -2.36. The molecule has 2 aliphatic carbocycles. The summed E-state index contributed by atoms with van der Waals surface area (Å²) in [4.78, 5) is 0. The van der Waals surface area contributed by atoms with E-state index in [4.69, 9.17) is 0 Å². The lowest BCUT2D eigenvalue weighted by Crippen LogP contribution is -2.26. The summed E-state index contributed by atoms with van der Waals surface area (Å²) in [7, 11) is 0. The van der Waals surface area contributed by atoms with E-state index in [0.29, 0.717) is 0 Å². The summed E-state index contributed by atoms with van der Waals surface area (Å²) >= 11 is 0. The summed E-state index contributed by atoms with van der Waals surface area (Å²) in [5.74, 6) is 2.99. The maximum Gasteiger partial charge on any atom is 0.0689 e. The van der Waals surface area contributed by atoms with E-state index in [9.17, 15) is 5.26 Å². The zero-order valence-electron chi connectivity index (χ0n) is 15.1. The Labute approximate surface area is 138 Å². The van der Waals surface area contributed by atoms with Crippen LogP contribution >= 0.6 is 0 Å². The van der Waals surface area contributed by atoms with Crippen LogP contribution in [0, 0.1) is 34.5 Å². The molecule has 0 bridgehead atoms. The molecule has 0 aliphatic heterocycles. The van der Waals surface area contributed by atoms with Crippen LogP contribution in [0.1, 0.15) is 104 Å². The fraction of sp³-hybridized carbons (Fsp3) is 0.952.